The average Bonchev–Trinajstić information content (AvgIpc) is 2.71. The van der Waals surface area contributed by atoms with Gasteiger partial charge in [-0.15, -0.1) is 0 Å². The van der Waals surface area contributed by atoms with Gasteiger partial charge in [-0.3, -0.25) is 4.90 Å². The molecule has 0 unspecified atom stereocenters. The zero-order valence-electron chi connectivity index (χ0n) is 18.4. The lowest BCUT2D eigenvalue weighted by molar-refractivity contribution is -0.137. The van der Waals surface area contributed by atoms with E-state index in [0.29, 0.717) is 21.9 Å². The van der Waals surface area contributed by atoms with E-state index in [4.69, 9.17) is 4.74 Å². The summed E-state index contributed by atoms with van der Waals surface area (Å²) in [6.07, 6.45) is -5.08. The summed E-state index contributed by atoms with van der Waals surface area (Å²) in [5.41, 5.74) is -0.218. The zero-order valence-corrected chi connectivity index (χ0v) is 18.4. The van der Waals surface area contributed by atoms with E-state index in [2.05, 4.69) is 0 Å². The molecule has 0 fully saturated rings. The van der Waals surface area contributed by atoms with Gasteiger partial charge in [-0.05, 0) is 60.9 Å². The summed E-state index contributed by atoms with van der Waals surface area (Å²) >= 11 is 0. The van der Waals surface area contributed by atoms with Gasteiger partial charge in [0.25, 0.3) is 0 Å². The van der Waals surface area contributed by atoms with E-state index in [1.807, 2.05) is 0 Å². The van der Waals surface area contributed by atoms with Crippen LogP contribution in [0.15, 0.2) is 60.7 Å². The van der Waals surface area contributed by atoms with Crippen LogP contribution in [0, 0.1) is 0 Å². The van der Waals surface area contributed by atoms with Crippen molar-refractivity contribution in [2.75, 3.05) is 0 Å². The molecule has 0 atom stereocenters. The Morgan fingerprint density at radius 3 is 2.03 bits per heavy atom. The Bertz CT molecular complexity index is 1160. The first kappa shape index (κ1) is 24.1. The number of alkyl halides is 3. The van der Waals surface area contributed by atoms with Crippen molar-refractivity contribution < 1.29 is 32.6 Å². The van der Waals surface area contributed by atoms with Crippen molar-refractivity contribution in [3.8, 4) is 0 Å². The number of hydrogen-bond acceptors (Lipinski definition) is 3. The van der Waals surface area contributed by atoms with Crippen LogP contribution in [0.4, 0.5) is 18.0 Å². The fraction of sp³-hybridized carbons (Fsp3) is 0.280. The lowest BCUT2D eigenvalue weighted by Crippen LogP contribution is -2.36. The number of ether oxygens (including phenoxy) is 1. The Balaban J connectivity index is 1.96. The summed E-state index contributed by atoms with van der Waals surface area (Å²) < 4.78 is 44.2. The lowest BCUT2D eigenvalue weighted by Gasteiger charge is -2.28. The zero-order chi connectivity index (χ0) is 24.4. The fourth-order valence-electron chi connectivity index (χ4n) is 3.42. The minimum Gasteiger partial charge on any atom is -0.478 e. The highest BCUT2D eigenvalue weighted by Crippen LogP contribution is 2.30. The Labute approximate surface area is 189 Å². The molecule has 0 aliphatic heterocycles. The van der Waals surface area contributed by atoms with Crippen LogP contribution < -0.4 is 0 Å². The summed E-state index contributed by atoms with van der Waals surface area (Å²) in [6.45, 7) is 5.26. The van der Waals surface area contributed by atoms with Crippen molar-refractivity contribution in [1.82, 2.24) is 4.90 Å². The first-order valence-corrected chi connectivity index (χ1v) is 10.2. The summed E-state index contributed by atoms with van der Waals surface area (Å²) in [4.78, 5) is 25.9. The van der Waals surface area contributed by atoms with Gasteiger partial charge in [0.2, 0.25) is 0 Å². The highest BCUT2D eigenvalue weighted by atomic mass is 19.4. The van der Waals surface area contributed by atoms with E-state index in [-0.39, 0.29) is 18.7 Å². The summed E-state index contributed by atoms with van der Waals surface area (Å²) in [6, 6.07) is 14.7. The number of carbonyl (C=O) groups is 2. The molecule has 5 nitrogen and oxygen atoms in total. The molecule has 0 aliphatic carbocycles. The second-order valence-electron chi connectivity index (χ2n) is 8.65. The molecule has 3 aromatic rings. The fourth-order valence-corrected chi connectivity index (χ4v) is 3.42. The number of amides is 1. The molecular weight excluding hydrogens is 435 g/mol. The molecule has 8 heteroatoms. The third-order valence-corrected chi connectivity index (χ3v) is 4.91. The van der Waals surface area contributed by atoms with Crippen LogP contribution in [0.1, 0.15) is 47.8 Å². The number of carbonyl (C=O) groups excluding carboxylic acids is 1. The Morgan fingerprint density at radius 2 is 1.48 bits per heavy atom. The van der Waals surface area contributed by atoms with E-state index in [9.17, 15) is 27.9 Å². The molecule has 0 radical (unpaired) electrons. The van der Waals surface area contributed by atoms with Crippen LogP contribution in [-0.2, 0) is 24.0 Å². The number of hydrogen-bond donors (Lipinski definition) is 1. The van der Waals surface area contributed by atoms with Gasteiger partial charge in [0.1, 0.15) is 5.60 Å². The largest absolute Gasteiger partial charge is 0.478 e. The average molecular weight is 459 g/mol. The number of benzene rings is 3. The van der Waals surface area contributed by atoms with Crippen molar-refractivity contribution in [3.05, 3.63) is 82.9 Å². The number of aromatic carboxylic acids is 1. The standard InChI is InChI=1S/C25H24F3NO4/c1-24(2,3)33-23(32)29(14-16-8-11-18(12-9-16)25(26,27)28)15-17-10-13-21(22(30)31)20-7-5-4-6-19(17)20/h4-13H,14-15H2,1-3H3,(H,30,31). The molecular formula is C25H24F3NO4. The molecule has 3 rings (SSSR count). The molecule has 3 aromatic carbocycles. The lowest BCUT2D eigenvalue weighted by atomic mass is 9.99. The molecule has 0 bridgehead atoms. The molecule has 0 spiro atoms. The first-order valence-electron chi connectivity index (χ1n) is 10.2. The Morgan fingerprint density at radius 1 is 0.879 bits per heavy atom. The van der Waals surface area contributed by atoms with Crippen LogP contribution in [0.3, 0.4) is 0 Å². The quantitative estimate of drug-likeness (QED) is 0.473. The van der Waals surface area contributed by atoms with Crippen LogP contribution in [0.25, 0.3) is 10.8 Å². The maximum atomic E-state index is 12.9. The number of rotatable bonds is 5. The summed E-state index contributed by atoms with van der Waals surface area (Å²) in [7, 11) is 0. The van der Waals surface area contributed by atoms with E-state index in [1.54, 1.807) is 51.1 Å². The third-order valence-electron chi connectivity index (χ3n) is 4.91. The number of carboxylic acid groups (broad SMARTS) is 1. The molecule has 0 heterocycles. The van der Waals surface area contributed by atoms with Crippen molar-refractivity contribution in [1.29, 1.82) is 0 Å². The van der Waals surface area contributed by atoms with Crippen molar-refractivity contribution in [3.63, 3.8) is 0 Å². The van der Waals surface area contributed by atoms with E-state index in [1.165, 1.54) is 23.1 Å². The van der Waals surface area contributed by atoms with E-state index >= 15 is 0 Å². The highest BCUT2D eigenvalue weighted by molar-refractivity contribution is 6.04. The van der Waals surface area contributed by atoms with Gasteiger partial charge in [0.05, 0.1) is 11.1 Å². The van der Waals surface area contributed by atoms with Crippen molar-refractivity contribution in [2.24, 2.45) is 0 Å². The number of carboxylic acids is 1. The van der Waals surface area contributed by atoms with Gasteiger partial charge in [-0.1, -0.05) is 42.5 Å². The normalized spacial score (nSPS) is 11.9. The van der Waals surface area contributed by atoms with Gasteiger partial charge >= 0.3 is 18.2 Å². The van der Waals surface area contributed by atoms with E-state index < -0.39 is 29.4 Å². The molecule has 0 aromatic heterocycles. The van der Waals surface area contributed by atoms with Gasteiger partial charge in [0.15, 0.2) is 0 Å². The smallest absolute Gasteiger partial charge is 0.416 e. The van der Waals surface area contributed by atoms with Gasteiger partial charge < -0.3 is 9.84 Å². The predicted octanol–water partition coefficient (Wildman–Crippen LogP) is 6.49. The van der Waals surface area contributed by atoms with Gasteiger partial charge in [-0.25, -0.2) is 9.59 Å². The van der Waals surface area contributed by atoms with Crippen LogP contribution >= 0.6 is 0 Å². The first-order chi connectivity index (χ1) is 15.3. The van der Waals surface area contributed by atoms with Gasteiger partial charge in [-0.2, -0.15) is 13.2 Å². The third kappa shape index (κ3) is 6.03. The number of fused-ring (bicyclic) bond motifs is 1. The maximum Gasteiger partial charge on any atom is 0.416 e. The second-order valence-corrected chi connectivity index (χ2v) is 8.65. The summed E-state index contributed by atoms with van der Waals surface area (Å²) in [5.74, 6) is -1.06. The SMILES string of the molecule is CC(C)(C)OC(=O)N(Cc1ccc(C(F)(F)F)cc1)Cc1ccc(C(=O)O)c2ccccc12. The van der Waals surface area contributed by atoms with Crippen molar-refractivity contribution >= 4 is 22.8 Å². The summed E-state index contributed by atoms with van der Waals surface area (Å²) in [5, 5.41) is 10.7. The topological polar surface area (TPSA) is 66.8 Å². The van der Waals surface area contributed by atoms with Crippen molar-refractivity contribution in [2.45, 2.75) is 45.6 Å². The minimum atomic E-state index is -4.45. The molecule has 0 saturated carbocycles. The molecule has 1 amide bonds. The molecule has 0 aliphatic rings. The molecule has 0 saturated heterocycles. The molecule has 174 valence electrons. The number of nitrogens with zero attached hydrogens (tertiary/aromatic N) is 1. The maximum absolute atomic E-state index is 12.9. The Kier molecular flexibility index (Phi) is 6.67. The van der Waals surface area contributed by atoms with Crippen LogP contribution in [-0.4, -0.2) is 27.7 Å². The Hall–Kier alpha value is -3.55. The van der Waals surface area contributed by atoms with Gasteiger partial charge in [0, 0.05) is 13.1 Å². The minimum absolute atomic E-state index is 0.0159. The highest BCUT2D eigenvalue weighted by Gasteiger charge is 2.30. The van der Waals surface area contributed by atoms with Crippen LogP contribution in [0.5, 0.6) is 0 Å². The molecule has 1 N–H and O–H groups in total. The predicted molar refractivity (Wildman–Crippen MR) is 118 cm³/mol. The second kappa shape index (κ2) is 9.13. The monoisotopic (exact) mass is 459 g/mol. The number of halogens is 3. The molecule has 33 heavy (non-hydrogen) atoms. The van der Waals surface area contributed by atoms with Crippen LogP contribution in [0.2, 0.25) is 0 Å². The van der Waals surface area contributed by atoms with E-state index in [0.717, 1.165) is 12.1 Å².